The average molecular weight is 614 g/mol. The Kier molecular flexibility index (Phi) is 11.4. The summed E-state index contributed by atoms with van der Waals surface area (Å²) in [6.45, 7) is 5.34. The van der Waals surface area contributed by atoms with Gasteiger partial charge >= 0.3 is 17.7 Å². The minimum atomic E-state index is -0.336. The van der Waals surface area contributed by atoms with Gasteiger partial charge in [0.25, 0.3) is 0 Å². The minimum Gasteiger partial charge on any atom is -0.493 e. The van der Waals surface area contributed by atoms with E-state index in [0.717, 1.165) is 31.2 Å². The van der Waals surface area contributed by atoms with Crippen LogP contribution in [0.4, 0.5) is 5.82 Å². The molecule has 4 rings (SSSR count). The maximum absolute atomic E-state index is 13.0. The molecule has 0 unspecified atom stereocenters. The molecular weight excluding hydrogens is 570 g/mol. The van der Waals surface area contributed by atoms with E-state index in [4.69, 9.17) is 24.7 Å². The largest absolute Gasteiger partial charge is 0.493 e. The van der Waals surface area contributed by atoms with Crippen molar-refractivity contribution in [3.05, 3.63) is 34.2 Å². The van der Waals surface area contributed by atoms with Crippen LogP contribution in [0.5, 0.6) is 17.5 Å². The molecule has 1 amide bonds. The summed E-state index contributed by atoms with van der Waals surface area (Å²) in [4.78, 5) is 52.6. The maximum atomic E-state index is 13.0. The van der Waals surface area contributed by atoms with E-state index in [1.54, 1.807) is 29.9 Å². The van der Waals surface area contributed by atoms with E-state index in [1.165, 1.54) is 7.11 Å². The molecule has 3 N–H and O–H groups in total. The molecule has 1 aliphatic heterocycles. The Morgan fingerprint density at radius 1 is 1.11 bits per heavy atom. The second-order valence-corrected chi connectivity index (χ2v) is 11.0. The fourth-order valence-electron chi connectivity index (χ4n) is 5.10. The number of ether oxygens (including phenoxy) is 4. The van der Waals surface area contributed by atoms with Crippen molar-refractivity contribution >= 4 is 28.9 Å². The number of hydrogen-bond donors (Lipinski definition) is 2. The van der Waals surface area contributed by atoms with Crippen LogP contribution in [0.15, 0.2) is 23.0 Å². The van der Waals surface area contributed by atoms with Crippen molar-refractivity contribution in [1.29, 1.82) is 0 Å². The van der Waals surface area contributed by atoms with Gasteiger partial charge in [-0.1, -0.05) is 19.4 Å². The highest BCUT2D eigenvalue weighted by Gasteiger charge is 2.25. The molecule has 3 heterocycles. The predicted molar refractivity (Wildman–Crippen MR) is 164 cm³/mol. The molecule has 0 spiro atoms. The summed E-state index contributed by atoms with van der Waals surface area (Å²) in [7, 11) is 4.78. The Morgan fingerprint density at radius 3 is 2.59 bits per heavy atom. The number of anilines is 1. The molecule has 240 valence electrons. The molecule has 14 heteroatoms. The lowest BCUT2D eigenvalue weighted by atomic mass is 9.96. The summed E-state index contributed by atoms with van der Waals surface area (Å²) >= 11 is 0. The van der Waals surface area contributed by atoms with Crippen molar-refractivity contribution in [3.8, 4) is 17.5 Å². The number of unbranched alkanes of at least 4 members (excludes halogenated alkanes) is 1. The zero-order valence-electron chi connectivity index (χ0n) is 26.0. The Labute approximate surface area is 256 Å². The van der Waals surface area contributed by atoms with E-state index in [0.29, 0.717) is 62.1 Å². The smallest absolute Gasteiger partial charge is 0.327 e. The molecule has 2 aromatic heterocycles. The highest BCUT2D eigenvalue weighted by atomic mass is 16.5. The van der Waals surface area contributed by atoms with Gasteiger partial charge < -0.3 is 34.6 Å². The molecule has 0 bridgehead atoms. The quantitative estimate of drug-likeness (QED) is 0.190. The molecule has 14 nitrogen and oxygen atoms in total. The fourth-order valence-corrected chi connectivity index (χ4v) is 5.10. The van der Waals surface area contributed by atoms with Gasteiger partial charge in [-0.25, -0.2) is 4.79 Å². The molecular formula is C30H43N7O7. The number of fused-ring (bicyclic) bond motifs is 1. The van der Waals surface area contributed by atoms with E-state index in [2.05, 4.69) is 21.9 Å². The Morgan fingerprint density at radius 2 is 1.89 bits per heavy atom. The number of aromatic amines is 1. The number of hydrogen-bond acceptors (Lipinski definition) is 11. The number of nitrogen functional groups attached to an aromatic ring is 1. The van der Waals surface area contributed by atoms with Crippen molar-refractivity contribution in [2.24, 2.45) is 5.92 Å². The van der Waals surface area contributed by atoms with E-state index in [9.17, 15) is 14.4 Å². The lowest BCUT2D eigenvalue weighted by Gasteiger charge is -2.33. The third-order valence-electron chi connectivity index (χ3n) is 7.71. The maximum Gasteiger partial charge on any atom is 0.327 e. The summed E-state index contributed by atoms with van der Waals surface area (Å²) in [6, 6.07) is 5.47. The number of nitrogens with zero attached hydrogens (tertiary/aromatic N) is 5. The number of nitrogens with two attached hydrogens (primary N) is 1. The number of methoxy groups -OCH3 is 2. The highest BCUT2D eigenvalue weighted by Crippen LogP contribution is 2.28. The van der Waals surface area contributed by atoms with Crippen molar-refractivity contribution in [1.82, 2.24) is 29.3 Å². The third kappa shape index (κ3) is 8.40. The van der Waals surface area contributed by atoms with Crippen LogP contribution in [0.25, 0.3) is 11.2 Å². The van der Waals surface area contributed by atoms with E-state index < -0.39 is 0 Å². The second kappa shape index (κ2) is 15.4. The standard InChI is InChI=1S/C30H43N7O7/c1-5-6-14-44-29-33-27(31)26-28(34-29)37(30(40)32-26)18-20-9-11-36(12-10-20)24(38)19-35(2)13-15-43-23-16-21(17-25(39)42-4)7-8-22(23)41-3/h7-8,16,20H,5-6,9-15,17-19H2,1-4H3,(H,32,40)(H2,31,33,34). The summed E-state index contributed by atoms with van der Waals surface area (Å²) in [5.74, 6) is 1.18. The van der Waals surface area contributed by atoms with Crippen molar-refractivity contribution in [2.75, 3.05) is 66.4 Å². The van der Waals surface area contributed by atoms with Gasteiger partial charge in [0, 0.05) is 26.2 Å². The monoisotopic (exact) mass is 613 g/mol. The molecule has 1 aromatic carbocycles. The van der Waals surface area contributed by atoms with Crippen LogP contribution in [-0.4, -0.2) is 102 Å². The van der Waals surface area contributed by atoms with Gasteiger partial charge in [-0.3, -0.25) is 19.1 Å². The summed E-state index contributed by atoms with van der Waals surface area (Å²) in [5, 5.41) is 0. The predicted octanol–water partition coefficient (Wildman–Crippen LogP) is 1.85. The number of carbonyl (C=O) groups excluding carboxylic acids is 2. The van der Waals surface area contributed by atoms with Crippen LogP contribution in [0.1, 0.15) is 38.2 Å². The van der Waals surface area contributed by atoms with Gasteiger partial charge in [-0.15, -0.1) is 0 Å². The first-order valence-corrected chi connectivity index (χ1v) is 14.9. The summed E-state index contributed by atoms with van der Waals surface area (Å²) < 4.78 is 23.3. The molecule has 0 atom stereocenters. The van der Waals surface area contributed by atoms with Crippen LogP contribution in [0, 0.1) is 5.92 Å². The van der Waals surface area contributed by atoms with E-state index >= 15 is 0 Å². The average Bonchev–Trinajstić information content (AvgIpc) is 3.32. The summed E-state index contributed by atoms with van der Waals surface area (Å²) in [5.41, 5.74) is 7.38. The SMILES string of the molecule is CCCCOc1nc(N)c2[nH]c(=O)n(CC3CCN(C(=O)CN(C)CCOc4cc(CC(=O)OC)ccc4OC)CC3)c2n1. The molecule has 1 saturated heterocycles. The molecule has 1 aliphatic rings. The first-order chi connectivity index (χ1) is 21.2. The van der Waals surface area contributed by atoms with Gasteiger partial charge in [0.05, 0.1) is 33.8 Å². The molecule has 1 fully saturated rings. The highest BCUT2D eigenvalue weighted by molar-refractivity contribution is 5.82. The van der Waals surface area contributed by atoms with Gasteiger partial charge in [-0.2, -0.15) is 9.97 Å². The second-order valence-electron chi connectivity index (χ2n) is 11.0. The number of amides is 1. The molecule has 0 saturated carbocycles. The number of aromatic nitrogens is 4. The van der Waals surface area contributed by atoms with Crippen LogP contribution < -0.4 is 25.6 Å². The van der Waals surface area contributed by atoms with Crippen molar-refractivity contribution in [3.63, 3.8) is 0 Å². The molecule has 0 aliphatic carbocycles. The number of esters is 1. The van der Waals surface area contributed by atoms with Crippen molar-refractivity contribution in [2.45, 2.75) is 45.6 Å². The van der Waals surface area contributed by atoms with Gasteiger partial charge in [0.1, 0.15) is 12.1 Å². The van der Waals surface area contributed by atoms with Gasteiger partial charge in [0.2, 0.25) is 5.91 Å². The van der Waals surface area contributed by atoms with Crippen molar-refractivity contribution < 1.29 is 28.5 Å². The van der Waals surface area contributed by atoms with E-state index in [-0.39, 0.29) is 48.3 Å². The minimum absolute atomic E-state index is 0.0438. The third-order valence-corrected chi connectivity index (χ3v) is 7.71. The number of H-pyrrole nitrogens is 1. The fraction of sp³-hybridized carbons (Fsp3) is 0.567. The Hall–Kier alpha value is -4.33. The molecule has 0 radical (unpaired) electrons. The van der Waals surface area contributed by atoms with Gasteiger partial charge in [-0.05, 0) is 49.9 Å². The Bertz CT molecular complexity index is 1480. The zero-order valence-corrected chi connectivity index (χ0v) is 26.0. The molecule has 3 aromatic rings. The number of nitrogens with one attached hydrogen (secondary N) is 1. The van der Waals surface area contributed by atoms with Crippen LogP contribution in [-0.2, 0) is 27.3 Å². The number of piperidine rings is 1. The molecule has 44 heavy (non-hydrogen) atoms. The lowest BCUT2D eigenvalue weighted by Crippen LogP contribution is -2.44. The first kappa shape index (κ1) is 32.6. The van der Waals surface area contributed by atoms with Gasteiger partial charge in [0.15, 0.2) is 23.0 Å². The number of rotatable bonds is 15. The number of likely N-dealkylation sites (tertiary alicyclic amines) is 1. The topological polar surface area (TPSA) is 167 Å². The lowest BCUT2D eigenvalue weighted by molar-refractivity contribution is -0.139. The number of likely N-dealkylation sites (N-methyl/N-ethyl adjacent to an activating group) is 1. The number of imidazole rings is 1. The zero-order chi connectivity index (χ0) is 31.6. The van der Waals surface area contributed by atoms with Crippen LogP contribution >= 0.6 is 0 Å². The van der Waals surface area contributed by atoms with Crippen LogP contribution in [0.3, 0.4) is 0 Å². The summed E-state index contributed by atoms with van der Waals surface area (Å²) in [6.07, 6.45) is 3.51. The van der Waals surface area contributed by atoms with E-state index in [1.807, 2.05) is 16.8 Å². The Balaban J connectivity index is 1.25. The number of carbonyl (C=O) groups is 2. The van der Waals surface area contributed by atoms with Crippen LogP contribution in [0.2, 0.25) is 0 Å². The normalized spacial score (nSPS) is 13.8. The first-order valence-electron chi connectivity index (χ1n) is 14.9. The number of benzene rings is 1.